The second-order valence-electron chi connectivity index (χ2n) is 12.7. The van der Waals surface area contributed by atoms with Gasteiger partial charge in [0.25, 0.3) is 0 Å². The number of para-hydroxylation sites is 1. The van der Waals surface area contributed by atoms with Crippen molar-refractivity contribution >= 4 is 34.5 Å². The van der Waals surface area contributed by atoms with Gasteiger partial charge in [-0.3, -0.25) is 0 Å². The molecule has 7 heteroatoms. The number of hydrogen-bond donors (Lipinski definition) is 0. The molecule has 0 radical (unpaired) electrons. The second kappa shape index (κ2) is 10.8. The van der Waals surface area contributed by atoms with E-state index in [0.717, 1.165) is 55.2 Å². The van der Waals surface area contributed by atoms with Crippen LogP contribution in [0.5, 0.6) is 0 Å². The van der Waals surface area contributed by atoms with Gasteiger partial charge in [-0.25, -0.2) is 15.0 Å². The molecule has 0 N–H and O–H groups in total. The Morgan fingerprint density at radius 2 is 0.978 bits per heavy atom. The van der Waals surface area contributed by atoms with Crippen LogP contribution in [0.4, 0.5) is 0 Å². The maximum absolute atomic E-state index is 6.48. The summed E-state index contributed by atoms with van der Waals surface area (Å²) in [6.07, 6.45) is 0. The van der Waals surface area contributed by atoms with Gasteiger partial charge in [0.15, 0.2) is 17.5 Å². The molecule has 8 rings (SSSR count). The van der Waals surface area contributed by atoms with Crippen molar-refractivity contribution in [2.24, 2.45) is 0 Å². The van der Waals surface area contributed by atoms with E-state index < -0.39 is 18.3 Å². The van der Waals surface area contributed by atoms with Crippen molar-refractivity contribution in [2.45, 2.75) is 38.9 Å². The molecule has 0 bridgehead atoms. The van der Waals surface area contributed by atoms with Gasteiger partial charge in [-0.05, 0) is 44.8 Å². The highest BCUT2D eigenvalue weighted by atomic mass is 16.7. The first-order valence-corrected chi connectivity index (χ1v) is 15.5. The van der Waals surface area contributed by atoms with Crippen LogP contribution in [0.2, 0.25) is 0 Å². The standard InChI is InChI=1S/C39H32BN3O3/c1-38(2)39(3,4)46-40(45-38)29-23-31(34-32(24-29)30-17-11-12-18-33(30)44-34)25-19-21-28(22-20-25)37-42-35(26-13-7-5-8-14-26)41-36(43-37)27-15-9-6-10-16-27/h5-24H,1-4H3. The molecule has 5 aromatic carbocycles. The zero-order valence-electron chi connectivity index (χ0n) is 26.2. The lowest BCUT2D eigenvalue weighted by atomic mass is 9.77. The minimum absolute atomic E-state index is 0.450. The molecular weight excluding hydrogens is 569 g/mol. The minimum Gasteiger partial charge on any atom is -0.455 e. The fourth-order valence-corrected chi connectivity index (χ4v) is 5.92. The summed E-state index contributed by atoms with van der Waals surface area (Å²) in [6.45, 7) is 8.30. The summed E-state index contributed by atoms with van der Waals surface area (Å²) in [5, 5.41) is 2.08. The van der Waals surface area contributed by atoms with Gasteiger partial charge < -0.3 is 13.7 Å². The third-order valence-electron chi connectivity index (χ3n) is 9.18. The van der Waals surface area contributed by atoms with Crippen LogP contribution in [0.15, 0.2) is 126 Å². The molecule has 0 atom stereocenters. The highest BCUT2D eigenvalue weighted by Crippen LogP contribution is 2.39. The summed E-state index contributed by atoms with van der Waals surface area (Å²) < 4.78 is 19.4. The lowest BCUT2D eigenvalue weighted by Gasteiger charge is -2.32. The van der Waals surface area contributed by atoms with E-state index in [1.165, 1.54) is 0 Å². The van der Waals surface area contributed by atoms with E-state index in [9.17, 15) is 0 Å². The van der Waals surface area contributed by atoms with Gasteiger partial charge in [0.2, 0.25) is 0 Å². The summed E-state index contributed by atoms with van der Waals surface area (Å²) in [4.78, 5) is 14.6. The Balaban J connectivity index is 1.24. The first-order valence-electron chi connectivity index (χ1n) is 15.5. The summed E-state index contributed by atoms with van der Waals surface area (Å²) in [7, 11) is -0.501. The van der Waals surface area contributed by atoms with Crippen LogP contribution in [0, 0.1) is 0 Å². The Morgan fingerprint density at radius 3 is 1.54 bits per heavy atom. The molecule has 46 heavy (non-hydrogen) atoms. The van der Waals surface area contributed by atoms with Crippen LogP contribution in [0.1, 0.15) is 27.7 Å². The van der Waals surface area contributed by atoms with E-state index in [0.29, 0.717) is 17.5 Å². The van der Waals surface area contributed by atoms with Gasteiger partial charge in [0.1, 0.15) is 11.2 Å². The van der Waals surface area contributed by atoms with E-state index in [1.54, 1.807) is 0 Å². The van der Waals surface area contributed by atoms with Crippen LogP contribution in [0.3, 0.4) is 0 Å². The van der Waals surface area contributed by atoms with Gasteiger partial charge in [-0.2, -0.15) is 0 Å². The van der Waals surface area contributed by atoms with Crippen LogP contribution in [0.25, 0.3) is 67.2 Å². The van der Waals surface area contributed by atoms with Crippen LogP contribution >= 0.6 is 0 Å². The Kier molecular flexibility index (Phi) is 6.64. The molecule has 224 valence electrons. The minimum atomic E-state index is -0.501. The van der Waals surface area contributed by atoms with E-state index in [-0.39, 0.29) is 0 Å². The lowest BCUT2D eigenvalue weighted by Crippen LogP contribution is -2.41. The van der Waals surface area contributed by atoms with Crippen molar-refractivity contribution in [3.05, 3.63) is 121 Å². The predicted octanol–water partition coefficient (Wildman–Crippen LogP) is 8.74. The zero-order valence-corrected chi connectivity index (χ0v) is 26.2. The molecule has 7 aromatic rings. The fraction of sp³-hybridized carbons (Fsp3) is 0.154. The number of nitrogens with zero attached hydrogens (tertiary/aromatic N) is 3. The molecule has 0 saturated carbocycles. The molecule has 0 aliphatic carbocycles. The largest absolute Gasteiger partial charge is 0.494 e. The van der Waals surface area contributed by atoms with E-state index >= 15 is 0 Å². The van der Waals surface area contributed by atoms with E-state index in [4.69, 9.17) is 28.7 Å². The van der Waals surface area contributed by atoms with Gasteiger partial charge in [-0.15, -0.1) is 0 Å². The molecular formula is C39H32BN3O3. The van der Waals surface area contributed by atoms with Crippen molar-refractivity contribution in [3.8, 4) is 45.3 Å². The number of hydrogen-bond acceptors (Lipinski definition) is 6. The summed E-state index contributed by atoms with van der Waals surface area (Å²) in [5.41, 5.74) is 6.46. The number of benzene rings is 5. The Labute approximate surface area is 268 Å². The first kappa shape index (κ1) is 28.4. The van der Waals surface area contributed by atoms with Gasteiger partial charge in [0.05, 0.1) is 11.2 Å². The SMILES string of the molecule is CC1(C)OB(c2cc(-c3ccc(-c4nc(-c5ccccc5)nc(-c5ccccc5)n4)cc3)c3oc4ccccc4c3c2)OC1(C)C. The van der Waals surface area contributed by atoms with E-state index in [1.807, 2.05) is 78.9 Å². The van der Waals surface area contributed by atoms with Gasteiger partial charge >= 0.3 is 7.12 Å². The van der Waals surface area contributed by atoms with Crippen molar-refractivity contribution in [1.29, 1.82) is 0 Å². The summed E-state index contributed by atoms with van der Waals surface area (Å²) in [5.74, 6) is 1.87. The monoisotopic (exact) mass is 601 g/mol. The normalized spacial score (nSPS) is 15.5. The molecule has 3 heterocycles. The van der Waals surface area contributed by atoms with Crippen LogP contribution in [-0.4, -0.2) is 33.3 Å². The molecule has 1 saturated heterocycles. The third kappa shape index (κ3) is 4.89. The van der Waals surface area contributed by atoms with Crippen LogP contribution in [-0.2, 0) is 9.31 Å². The second-order valence-corrected chi connectivity index (χ2v) is 12.7. The van der Waals surface area contributed by atoms with Crippen molar-refractivity contribution < 1.29 is 13.7 Å². The topological polar surface area (TPSA) is 70.3 Å². The third-order valence-corrected chi connectivity index (χ3v) is 9.18. The molecule has 1 aliphatic heterocycles. The Morgan fingerprint density at radius 1 is 0.500 bits per heavy atom. The Bertz CT molecular complexity index is 2140. The number of furan rings is 1. The fourth-order valence-electron chi connectivity index (χ4n) is 5.92. The molecule has 1 fully saturated rings. The van der Waals surface area contributed by atoms with Crippen LogP contribution < -0.4 is 5.46 Å². The molecule has 0 spiro atoms. The first-order chi connectivity index (χ1) is 22.3. The molecule has 1 aliphatic rings. The smallest absolute Gasteiger partial charge is 0.455 e. The zero-order chi connectivity index (χ0) is 31.5. The number of rotatable bonds is 5. The summed E-state index contributed by atoms with van der Waals surface area (Å²) in [6, 6.07) is 40.7. The maximum Gasteiger partial charge on any atom is 0.494 e. The van der Waals surface area contributed by atoms with Gasteiger partial charge in [-0.1, -0.05) is 115 Å². The highest BCUT2D eigenvalue weighted by Gasteiger charge is 2.51. The van der Waals surface area contributed by atoms with Gasteiger partial charge in [0, 0.05) is 33.0 Å². The highest BCUT2D eigenvalue weighted by molar-refractivity contribution is 6.62. The molecule has 0 unspecified atom stereocenters. The lowest BCUT2D eigenvalue weighted by molar-refractivity contribution is 0.00578. The molecule has 6 nitrogen and oxygen atoms in total. The average molecular weight is 602 g/mol. The Hall–Kier alpha value is -5.11. The van der Waals surface area contributed by atoms with Crippen molar-refractivity contribution in [1.82, 2.24) is 15.0 Å². The van der Waals surface area contributed by atoms with E-state index in [2.05, 4.69) is 70.2 Å². The quantitative estimate of drug-likeness (QED) is 0.184. The number of aromatic nitrogens is 3. The average Bonchev–Trinajstić information content (AvgIpc) is 3.57. The summed E-state index contributed by atoms with van der Waals surface area (Å²) >= 11 is 0. The molecule has 2 aromatic heterocycles. The van der Waals surface area contributed by atoms with Crippen molar-refractivity contribution in [3.63, 3.8) is 0 Å². The maximum atomic E-state index is 6.48. The molecule has 0 amide bonds. The predicted molar refractivity (Wildman–Crippen MR) is 185 cm³/mol. The number of fused-ring (bicyclic) bond motifs is 3. The van der Waals surface area contributed by atoms with Crippen molar-refractivity contribution in [2.75, 3.05) is 0 Å².